The molecule has 0 saturated heterocycles. The Morgan fingerprint density at radius 1 is 1.08 bits per heavy atom. The Balaban J connectivity index is 1.73. The summed E-state index contributed by atoms with van der Waals surface area (Å²) >= 11 is 0. The van der Waals surface area contributed by atoms with E-state index in [9.17, 15) is 15.0 Å². The number of amides is 1. The zero-order valence-electron chi connectivity index (χ0n) is 14.1. The lowest BCUT2D eigenvalue weighted by molar-refractivity contribution is 0.0952. The van der Waals surface area contributed by atoms with Gasteiger partial charge in [0.2, 0.25) is 0 Å². The number of fused-ring (bicyclic) bond motifs is 1. The lowest BCUT2D eigenvalue weighted by atomic mass is 10.1. The maximum atomic E-state index is 12.3. The van der Waals surface area contributed by atoms with E-state index in [1.165, 1.54) is 12.3 Å². The fourth-order valence-corrected chi connectivity index (χ4v) is 2.53. The van der Waals surface area contributed by atoms with E-state index in [0.717, 1.165) is 10.8 Å². The van der Waals surface area contributed by atoms with Crippen LogP contribution in [-0.2, 0) is 0 Å². The average molecular weight is 350 g/mol. The summed E-state index contributed by atoms with van der Waals surface area (Å²) in [6, 6.07) is 15.4. The molecule has 0 unspecified atom stereocenters. The van der Waals surface area contributed by atoms with E-state index in [1.807, 2.05) is 31.2 Å². The van der Waals surface area contributed by atoms with Crippen LogP contribution in [0.25, 0.3) is 10.8 Å². The maximum Gasteiger partial charge on any atom is 0.275 e. The second-order valence-corrected chi connectivity index (χ2v) is 5.58. The third-order valence-corrected chi connectivity index (χ3v) is 3.77. The molecule has 3 aromatic rings. The van der Waals surface area contributed by atoms with Crippen molar-refractivity contribution in [3.8, 4) is 17.2 Å². The predicted octanol–water partition coefficient (Wildman–Crippen LogP) is 3.41. The molecule has 0 radical (unpaired) electrons. The highest BCUT2D eigenvalue weighted by Crippen LogP contribution is 2.26. The third kappa shape index (κ3) is 3.75. The van der Waals surface area contributed by atoms with Crippen LogP contribution in [0.15, 0.2) is 59.7 Å². The number of aromatic hydroxyl groups is 2. The molecule has 3 N–H and O–H groups in total. The molecule has 0 aliphatic heterocycles. The van der Waals surface area contributed by atoms with Crippen molar-refractivity contribution < 1.29 is 19.7 Å². The van der Waals surface area contributed by atoms with Gasteiger partial charge >= 0.3 is 0 Å². The quantitative estimate of drug-likeness (QED) is 0.486. The van der Waals surface area contributed by atoms with Gasteiger partial charge in [-0.3, -0.25) is 4.79 Å². The Hall–Kier alpha value is -3.54. The van der Waals surface area contributed by atoms with Crippen molar-refractivity contribution in [2.45, 2.75) is 6.92 Å². The molecule has 0 heterocycles. The number of hydrogen-bond acceptors (Lipinski definition) is 5. The number of carbonyl (C=O) groups excluding carboxylic acids is 1. The van der Waals surface area contributed by atoms with Crippen molar-refractivity contribution in [1.82, 2.24) is 5.43 Å². The maximum absolute atomic E-state index is 12.3. The fraction of sp³-hybridized carbons (Fsp3) is 0.100. The Morgan fingerprint density at radius 2 is 1.81 bits per heavy atom. The second-order valence-electron chi connectivity index (χ2n) is 5.58. The van der Waals surface area contributed by atoms with Gasteiger partial charge in [-0.25, -0.2) is 5.43 Å². The highest BCUT2D eigenvalue weighted by Gasteiger charge is 2.11. The van der Waals surface area contributed by atoms with Gasteiger partial charge in [-0.2, -0.15) is 5.10 Å². The topological polar surface area (TPSA) is 91.2 Å². The summed E-state index contributed by atoms with van der Waals surface area (Å²) < 4.78 is 5.25. The number of nitrogens with one attached hydrogen (secondary N) is 1. The lowest BCUT2D eigenvalue weighted by Gasteiger charge is -2.06. The number of phenolic OH excluding ortho intramolecular Hbond substituents is 2. The van der Waals surface area contributed by atoms with Crippen LogP contribution in [-0.4, -0.2) is 28.9 Å². The molecular weight excluding hydrogens is 332 g/mol. The van der Waals surface area contributed by atoms with Crippen LogP contribution in [0, 0.1) is 0 Å². The first-order valence-corrected chi connectivity index (χ1v) is 8.09. The molecule has 3 aromatic carbocycles. The first-order chi connectivity index (χ1) is 12.6. The van der Waals surface area contributed by atoms with Crippen LogP contribution in [0.2, 0.25) is 0 Å². The van der Waals surface area contributed by atoms with Gasteiger partial charge < -0.3 is 14.9 Å². The second kappa shape index (κ2) is 7.57. The van der Waals surface area contributed by atoms with Crippen molar-refractivity contribution in [2.24, 2.45) is 5.10 Å². The summed E-state index contributed by atoms with van der Waals surface area (Å²) in [5, 5.41) is 25.4. The van der Waals surface area contributed by atoms with E-state index in [4.69, 9.17) is 4.74 Å². The van der Waals surface area contributed by atoms with Crippen LogP contribution < -0.4 is 10.2 Å². The molecule has 0 spiro atoms. The van der Waals surface area contributed by atoms with Crippen LogP contribution in [0.4, 0.5) is 0 Å². The minimum absolute atomic E-state index is 0.00528. The van der Waals surface area contributed by atoms with Gasteiger partial charge in [0.1, 0.15) is 5.75 Å². The Morgan fingerprint density at radius 3 is 2.50 bits per heavy atom. The average Bonchev–Trinajstić information content (AvgIpc) is 2.63. The fourth-order valence-electron chi connectivity index (χ4n) is 2.53. The van der Waals surface area contributed by atoms with Crippen molar-refractivity contribution in [3.05, 3.63) is 65.7 Å². The molecule has 0 aliphatic carbocycles. The molecule has 0 saturated carbocycles. The van der Waals surface area contributed by atoms with E-state index in [1.54, 1.807) is 24.3 Å². The van der Waals surface area contributed by atoms with Crippen molar-refractivity contribution >= 4 is 22.9 Å². The molecule has 1 amide bonds. The molecule has 6 nitrogen and oxygen atoms in total. The number of hydrogen-bond donors (Lipinski definition) is 3. The number of nitrogens with zero attached hydrogens (tertiary/aromatic N) is 1. The zero-order valence-corrected chi connectivity index (χ0v) is 14.1. The zero-order chi connectivity index (χ0) is 18.5. The number of rotatable bonds is 5. The summed E-state index contributed by atoms with van der Waals surface area (Å²) in [6.45, 7) is 2.28. The molecule has 3 rings (SSSR count). The number of carbonyl (C=O) groups is 1. The standard InChI is InChI=1S/C20H18N2O4/c1-2-26-19-8-7-13(9-18(19)24)12-21-22-20(25)16-10-14-5-3-4-6-15(14)11-17(16)23/h3-12,23-24H,2H2,1H3,(H,22,25)/b21-12+. The van der Waals surface area contributed by atoms with Gasteiger partial charge in [-0.05, 0) is 53.6 Å². The number of phenols is 2. The van der Waals surface area contributed by atoms with E-state index in [2.05, 4.69) is 10.5 Å². The van der Waals surface area contributed by atoms with Crippen LogP contribution in [0.5, 0.6) is 17.2 Å². The van der Waals surface area contributed by atoms with Crippen LogP contribution in [0.3, 0.4) is 0 Å². The summed E-state index contributed by atoms with van der Waals surface area (Å²) in [5.74, 6) is -0.265. The van der Waals surface area contributed by atoms with Crippen LogP contribution >= 0.6 is 0 Å². The van der Waals surface area contributed by atoms with Crippen LogP contribution in [0.1, 0.15) is 22.8 Å². The van der Waals surface area contributed by atoms with Crippen molar-refractivity contribution in [3.63, 3.8) is 0 Å². The third-order valence-electron chi connectivity index (χ3n) is 3.77. The molecule has 0 fully saturated rings. The smallest absolute Gasteiger partial charge is 0.275 e. The largest absolute Gasteiger partial charge is 0.507 e. The Bertz CT molecular complexity index is 983. The molecule has 132 valence electrons. The molecule has 6 heteroatoms. The Labute approximate surface area is 150 Å². The van der Waals surface area contributed by atoms with Gasteiger partial charge in [0.25, 0.3) is 5.91 Å². The molecule has 0 aromatic heterocycles. The first-order valence-electron chi connectivity index (χ1n) is 8.09. The van der Waals surface area contributed by atoms with E-state index >= 15 is 0 Å². The first kappa shape index (κ1) is 17.3. The monoisotopic (exact) mass is 350 g/mol. The van der Waals surface area contributed by atoms with Gasteiger partial charge in [0.15, 0.2) is 11.5 Å². The van der Waals surface area contributed by atoms with Crippen molar-refractivity contribution in [1.29, 1.82) is 0 Å². The molecule has 0 atom stereocenters. The van der Waals surface area contributed by atoms with Crippen molar-refractivity contribution in [2.75, 3.05) is 6.61 Å². The van der Waals surface area contributed by atoms with E-state index < -0.39 is 5.91 Å². The minimum atomic E-state index is -0.528. The number of ether oxygens (including phenoxy) is 1. The predicted molar refractivity (Wildman–Crippen MR) is 99.9 cm³/mol. The van der Waals surface area contributed by atoms with Gasteiger partial charge in [-0.15, -0.1) is 0 Å². The van der Waals surface area contributed by atoms with Gasteiger partial charge in [0, 0.05) is 0 Å². The Kier molecular flexibility index (Phi) is 5.03. The summed E-state index contributed by atoms with van der Waals surface area (Å²) in [7, 11) is 0. The lowest BCUT2D eigenvalue weighted by Crippen LogP contribution is -2.17. The molecule has 26 heavy (non-hydrogen) atoms. The minimum Gasteiger partial charge on any atom is -0.507 e. The highest BCUT2D eigenvalue weighted by molar-refractivity contribution is 6.01. The van der Waals surface area contributed by atoms with E-state index in [0.29, 0.717) is 17.9 Å². The molecular formula is C20H18N2O4. The molecule has 0 bridgehead atoms. The summed E-state index contributed by atoms with van der Waals surface area (Å²) in [4.78, 5) is 12.3. The SMILES string of the molecule is CCOc1ccc(/C=N/NC(=O)c2cc3ccccc3cc2O)cc1O. The van der Waals surface area contributed by atoms with Gasteiger partial charge in [0.05, 0.1) is 18.4 Å². The summed E-state index contributed by atoms with van der Waals surface area (Å²) in [5.41, 5.74) is 3.10. The summed E-state index contributed by atoms with van der Waals surface area (Å²) in [6.07, 6.45) is 1.39. The normalized spacial score (nSPS) is 11.0. The highest BCUT2D eigenvalue weighted by atomic mass is 16.5. The van der Waals surface area contributed by atoms with E-state index in [-0.39, 0.29) is 17.1 Å². The number of benzene rings is 3. The molecule has 0 aliphatic rings. The van der Waals surface area contributed by atoms with Gasteiger partial charge in [-0.1, -0.05) is 24.3 Å². The number of hydrazone groups is 1.